The summed E-state index contributed by atoms with van der Waals surface area (Å²) in [5.41, 5.74) is 0. The fourth-order valence-electron chi connectivity index (χ4n) is 1.64. The van der Waals surface area contributed by atoms with Gasteiger partial charge in [-0.3, -0.25) is 4.90 Å². The summed E-state index contributed by atoms with van der Waals surface area (Å²) < 4.78 is 68.0. The molecule has 2 N–H and O–H groups in total. The van der Waals surface area contributed by atoms with Crippen molar-refractivity contribution >= 4 is 5.97 Å². The Bertz CT molecular complexity index is 305. The van der Waals surface area contributed by atoms with Gasteiger partial charge in [0.15, 0.2) is 0 Å². The summed E-state index contributed by atoms with van der Waals surface area (Å²) >= 11 is 0. The molecule has 20 heavy (non-hydrogen) atoms. The topological polar surface area (TPSA) is 52.6 Å². The van der Waals surface area contributed by atoms with Crippen LogP contribution in [0.25, 0.3) is 0 Å². The largest absolute Gasteiger partial charge is 0.490 e. The number of halogens is 6. The van der Waals surface area contributed by atoms with E-state index < -0.39 is 24.9 Å². The second-order valence-electron chi connectivity index (χ2n) is 4.15. The molecule has 1 saturated heterocycles. The highest BCUT2D eigenvalue weighted by atomic mass is 19.4. The minimum Gasteiger partial charge on any atom is -0.475 e. The van der Waals surface area contributed by atoms with Crippen LogP contribution in [-0.2, 0) is 4.79 Å². The molecule has 1 aliphatic heterocycles. The van der Waals surface area contributed by atoms with Gasteiger partial charge in [0.1, 0.15) is 0 Å². The molecule has 0 aromatic heterocycles. The van der Waals surface area contributed by atoms with Crippen LogP contribution in [0.4, 0.5) is 26.3 Å². The highest BCUT2D eigenvalue weighted by Gasteiger charge is 2.38. The van der Waals surface area contributed by atoms with E-state index >= 15 is 0 Å². The van der Waals surface area contributed by atoms with Crippen molar-refractivity contribution in [2.45, 2.75) is 31.7 Å². The van der Waals surface area contributed by atoms with Gasteiger partial charge in [0.2, 0.25) is 0 Å². The van der Waals surface area contributed by atoms with Crippen molar-refractivity contribution < 1.29 is 36.2 Å². The fourth-order valence-corrected chi connectivity index (χ4v) is 1.64. The molecule has 120 valence electrons. The molecule has 0 unspecified atom stereocenters. The van der Waals surface area contributed by atoms with E-state index in [9.17, 15) is 26.3 Å². The average Bonchev–Trinajstić information content (AvgIpc) is 2.27. The molecular weight excluding hydrogens is 294 g/mol. The smallest absolute Gasteiger partial charge is 0.475 e. The van der Waals surface area contributed by atoms with Crippen LogP contribution < -0.4 is 5.32 Å². The molecule has 4 nitrogen and oxygen atoms in total. The Labute approximate surface area is 111 Å². The minimum atomic E-state index is -5.08. The highest BCUT2D eigenvalue weighted by molar-refractivity contribution is 5.73. The van der Waals surface area contributed by atoms with Gasteiger partial charge in [0, 0.05) is 25.7 Å². The predicted molar refractivity (Wildman–Crippen MR) is 58.3 cm³/mol. The lowest BCUT2D eigenvalue weighted by Gasteiger charge is -2.35. The summed E-state index contributed by atoms with van der Waals surface area (Å²) in [4.78, 5) is 10.4. The summed E-state index contributed by atoms with van der Waals surface area (Å²) in [7, 11) is 0. The van der Waals surface area contributed by atoms with Crippen molar-refractivity contribution in [2.75, 3.05) is 26.2 Å². The molecule has 0 bridgehead atoms. The van der Waals surface area contributed by atoms with E-state index in [1.807, 2.05) is 6.92 Å². The van der Waals surface area contributed by atoms with Crippen molar-refractivity contribution in [2.24, 2.45) is 0 Å². The molecular formula is C10H16F6N2O2. The van der Waals surface area contributed by atoms with Gasteiger partial charge in [-0.15, -0.1) is 0 Å². The van der Waals surface area contributed by atoms with Crippen LogP contribution in [-0.4, -0.2) is 60.5 Å². The number of carboxylic acids is 1. The number of hydrogen-bond donors (Lipinski definition) is 2. The number of carbonyl (C=O) groups is 1. The van der Waals surface area contributed by atoms with E-state index in [0.717, 1.165) is 6.42 Å². The van der Waals surface area contributed by atoms with Gasteiger partial charge in [-0.05, 0) is 6.42 Å². The molecule has 10 heteroatoms. The normalized spacial score (nSPS) is 21.1. The Morgan fingerprint density at radius 3 is 2.15 bits per heavy atom. The van der Waals surface area contributed by atoms with E-state index in [0.29, 0.717) is 19.6 Å². The Hall–Kier alpha value is -1.03. The maximum atomic E-state index is 12.1. The average molecular weight is 310 g/mol. The minimum absolute atomic E-state index is 0.0374. The van der Waals surface area contributed by atoms with Gasteiger partial charge in [-0.2, -0.15) is 26.3 Å². The number of piperazine rings is 1. The second kappa shape index (κ2) is 7.67. The van der Waals surface area contributed by atoms with Gasteiger partial charge in [-0.1, -0.05) is 6.92 Å². The third kappa shape index (κ3) is 8.20. The van der Waals surface area contributed by atoms with E-state index in [2.05, 4.69) is 5.32 Å². The summed E-state index contributed by atoms with van der Waals surface area (Å²) in [6.45, 7) is 2.98. The van der Waals surface area contributed by atoms with Crippen molar-refractivity contribution in [3.63, 3.8) is 0 Å². The molecule has 0 saturated carbocycles. The number of alkyl halides is 6. The van der Waals surface area contributed by atoms with Gasteiger partial charge in [0.25, 0.3) is 0 Å². The van der Waals surface area contributed by atoms with E-state index in [-0.39, 0.29) is 6.04 Å². The van der Waals surface area contributed by atoms with Crippen molar-refractivity contribution in [1.82, 2.24) is 10.2 Å². The van der Waals surface area contributed by atoms with Crippen LogP contribution in [0.1, 0.15) is 13.3 Å². The first-order valence-corrected chi connectivity index (χ1v) is 5.79. The Morgan fingerprint density at radius 1 is 1.30 bits per heavy atom. The predicted octanol–water partition coefficient (Wildman–Crippen LogP) is 1.87. The van der Waals surface area contributed by atoms with Crippen molar-refractivity contribution in [3.05, 3.63) is 0 Å². The standard InChI is InChI=1S/C8H15F3N2.C2HF3O2/c1-2-7-5-12-3-4-13(7)6-8(9,10)11;3-2(4,5)1(6)7/h7,12H,2-6H2,1H3;(H,6,7)/t7-;/m0./s1. The third-order valence-corrected chi connectivity index (χ3v) is 2.57. The molecule has 0 aliphatic carbocycles. The van der Waals surface area contributed by atoms with Gasteiger partial charge in [-0.25, -0.2) is 4.79 Å². The zero-order valence-corrected chi connectivity index (χ0v) is 10.7. The highest BCUT2D eigenvalue weighted by Crippen LogP contribution is 2.19. The fraction of sp³-hybridized carbons (Fsp3) is 0.900. The quantitative estimate of drug-likeness (QED) is 0.765. The zero-order valence-electron chi connectivity index (χ0n) is 10.7. The zero-order chi connectivity index (χ0) is 16.0. The van der Waals surface area contributed by atoms with Crippen LogP contribution in [0.3, 0.4) is 0 Å². The summed E-state index contributed by atoms with van der Waals surface area (Å²) in [6.07, 6.45) is -8.38. The molecule has 1 aliphatic rings. The Balaban J connectivity index is 0.000000441. The number of carboxylic acid groups (broad SMARTS) is 1. The van der Waals surface area contributed by atoms with Crippen LogP contribution >= 0.6 is 0 Å². The van der Waals surface area contributed by atoms with Gasteiger partial charge in [0.05, 0.1) is 6.54 Å². The van der Waals surface area contributed by atoms with E-state index in [4.69, 9.17) is 9.90 Å². The van der Waals surface area contributed by atoms with Gasteiger partial charge < -0.3 is 10.4 Å². The first kappa shape index (κ1) is 19.0. The maximum absolute atomic E-state index is 12.1. The molecule has 0 radical (unpaired) electrons. The van der Waals surface area contributed by atoms with Crippen LogP contribution in [0.15, 0.2) is 0 Å². The van der Waals surface area contributed by atoms with Crippen LogP contribution in [0, 0.1) is 0 Å². The molecule has 1 rings (SSSR count). The molecule has 0 aromatic rings. The van der Waals surface area contributed by atoms with Crippen molar-refractivity contribution in [1.29, 1.82) is 0 Å². The lowest BCUT2D eigenvalue weighted by molar-refractivity contribution is -0.192. The summed E-state index contributed by atoms with van der Waals surface area (Å²) in [5.74, 6) is -2.76. The van der Waals surface area contributed by atoms with E-state index in [1.54, 1.807) is 0 Å². The summed E-state index contributed by atoms with van der Waals surface area (Å²) in [5, 5.41) is 10.2. The van der Waals surface area contributed by atoms with Gasteiger partial charge >= 0.3 is 18.3 Å². The lowest BCUT2D eigenvalue weighted by Crippen LogP contribution is -2.53. The van der Waals surface area contributed by atoms with E-state index in [1.165, 1.54) is 4.90 Å². The number of hydrogen-bond acceptors (Lipinski definition) is 3. The number of aliphatic carboxylic acids is 1. The molecule has 1 fully saturated rings. The number of nitrogens with zero attached hydrogens (tertiary/aromatic N) is 1. The first-order valence-electron chi connectivity index (χ1n) is 5.79. The molecule has 0 amide bonds. The third-order valence-electron chi connectivity index (χ3n) is 2.57. The van der Waals surface area contributed by atoms with Crippen LogP contribution in [0.5, 0.6) is 0 Å². The molecule has 0 spiro atoms. The lowest BCUT2D eigenvalue weighted by atomic mass is 10.1. The Kier molecular flexibility index (Phi) is 7.28. The Morgan fingerprint density at radius 2 is 1.80 bits per heavy atom. The molecule has 1 atom stereocenters. The first-order chi connectivity index (χ1) is 8.97. The summed E-state index contributed by atoms with van der Waals surface area (Å²) in [6, 6.07) is 0.0374. The SMILES string of the molecule is CC[C@H]1CNCCN1CC(F)(F)F.O=C(O)C(F)(F)F. The second-order valence-corrected chi connectivity index (χ2v) is 4.15. The number of nitrogens with one attached hydrogen (secondary N) is 1. The monoisotopic (exact) mass is 310 g/mol. The van der Waals surface area contributed by atoms with Crippen LogP contribution in [0.2, 0.25) is 0 Å². The maximum Gasteiger partial charge on any atom is 0.490 e. The van der Waals surface area contributed by atoms with Crippen molar-refractivity contribution in [3.8, 4) is 0 Å². The number of rotatable bonds is 2. The molecule has 1 heterocycles. The molecule has 0 aromatic carbocycles.